The predicted molar refractivity (Wildman–Crippen MR) is 106 cm³/mol. The van der Waals surface area contributed by atoms with E-state index in [0.717, 1.165) is 37.7 Å². The molecular formula is C20H26N4O3. The molecule has 1 saturated carbocycles. The minimum Gasteiger partial charge on any atom is -0.383 e. The number of anilines is 2. The number of benzene rings is 1. The molecule has 1 amide bonds. The number of aromatic amines is 1. The van der Waals surface area contributed by atoms with Gasteiger partial charge in [-0.1, -0.05) is 50.1 Å². The van der Waals surface area contributed by atoms with Crippen LogP contribution >= 0.6 is 0 Å². The third kappa shape index (κ3) is 3.97. The minimum absolute atomic E-state index is 0.0563. The van der Waals surface area contributed by atoms with Crippen molar-refractivity contribution in [1.29, 1.82) is 0 Å². The Morgan fingerprint density at radius 3 is 2.56 bits per heavy atom. The summed E-state index contributed by atoms with van der Waals surface area (Å²) < 4.78 is 1.35. The summed E-state index contributed by atoms with van der Waals surface area (Å²) in [7, 11) is 0. The quantitative estimate of drug-likeness (QED) is 0.780. The number of nitrogens with one attached hydrogen (secondary N) is 1. The van der Waals surface area contributed by atoms with Crippen LogP contribution in [0.2, 0.25) is 0 Å². The molecule has 0 aliphatic heterocycles. The molecule has 27 heavy (non-hydrogen) atoms. The summed E-state index contributed by atoms with van der Waals surface area (Å²) in [6, 6.07) is 9.47. The zero-order valence-electron chi connectivity index (χ0n) is 15.6. The number of carbonyl (C=O) groups is 1. The molecule has 7 heteroatoms. The van der Waals surface area contributed by atoms with Crippen molar-refractivity contribution in [2.24, 2.45) is 5.92 Å². The number of unbranched alkanes of at least 4 members (excludes halogenated alkanes) is 1. The Balaban J connectivity index is 2.06. The Kier molecular flexibility index (Phi) is 5.78. The van der Waals surface area contributed by atoms with Gasteiger partial charge in [-0.05, 0) is 24.8 Å². The normalized spacial score (nSPS) is 14.0. The summed E-state index contributed by atoms with van der Waals surface area (Å²) in [5.41, 5.74) is 6.05. The van der Waals surface area contributed by atoms with Crippen molar-refractivity contribution in [3.63, 3.8) is 0 Å². The van der Waals surface area contributed by atoms with E-state index in [1.54, 1.807) is 0 Å². The van der Waals surface area contributed by atoms with Crippen molar-refractivity contribution in [2.45, 2.75) is 52.1 Å². The largest absolute Gasteiger partial charge is 0.383 e. The van der Waals surface area contributed by atoms with Crippen LogP contribution in [0.5, 0.6) is 0 Å². The third-order valence-electron chi connectivity index (χ3n) is 5.12. The Morgan fingerprint density at radius 2 is 1.96 bits per heavy atom. The molecule has 0 spiro atoms. The van der Waals surface area contributed by atoms with E-state index in [1.807, 2.05) is 37.3 Å². The second-order valence-corrected chi connectivity index (χ2v) is 7.04. The predicted octanol–water partition coefficient (Wildman–Crippen LogP) is 2.25. The van der Waals surface area contributed by atoms with E-state index in [4.69, 9.17) is 5.73 Å². The highest BCUT2D eigenvalue weighted by atomic mass is 16.2. The molecule has 3 rings (SSSR count). The number of hydrogen-bond acceptors (Lipinski definition) is 4. The van der Waals surface area contributed by atoms with Crippen LogP contribution in [0.4, 0.5) is 11.5 Å². The van der Waals surface area contributed by atoms with Crippen LogP contribution in [0.3, 0.4) is 0 Å². The van der Waals surface area contributed by atoms with E-state index in [0.29, 0.717) is 6.54 Å². The van der Waals surface area contributed by atoms with Gasteiger partial charge in [0.05, 0.1) is 6.54 Å². The fourth-order valence-corrected chi connectivity index (χ4v) is 3.29. The molecule has 3 N–H and O–H groups in total. The Hall–Kier alpha value is -2.83. The average Bonchev–Trinajstić information content (AvgIpc) is 2.60. The van der Waals surface area contributed by atoms with E-state index in [2.05, 4.69) is 4.98 Å². The van der Waals surface area contributed by atoms with Crippen LogP contribution in [0, 0.1) is 5.92 Å². The van der Waals surface area contributed by atoms with Gasteiger partial charge in [0.2, 0.25) is 5.91 Å². The summed E-state index contributed by atoms with van der Waals surface area (Å²) in [4.78, 5) is 41.7. The molecule has 1 aliphatic carbocycles. The molecule has 7 nitrogen and oxygen atoms in total. The van der Waals surface area contributed by atoms with Crippen LogP contribution in [0.25, 0.3) is 0 Å². The summed E-state index contributed by atoms with van der Waals surface area (Å²) in [5.74, 6) is -0.146. The van der Waals surface area contributed by atoms with Crippen LogP contribution in [0.1, 0.15) is 44.6 Å². The fourth-order valence-electron chi connectivity index (χ4n) is 3.29. The molecule has 0 unspecified atom stereocenters. The van der Waals surface area contributed by atoms with Gasteiger partial charge < -0.3 is 5.73 Å². The lowest BCUT2D eigenvalue weighted by Gasteiger charge is -2.32. The minimum atomic E-state index is -0.617. The van der Waals surface area contributed by atoms with Crippen LogP contribution < -0.4 is 21.9 Å². The van der Waals surface area contributed by atoms with Gasteiger partial charge in [-0.25, -0.2) is 4.79 Å². The van der Waals surface area contributed by atoms with Crippen molar-refractivity contribution in [3.8, 4) is 0 Å². The van der Waals surface area contributed by atoms with Crippen LogP contribution in [0.15, 0.2) is 39.9 Å². The maximum Gasteiger partial charge on any atom is 0.330 e. The number of nitrogen functional groups attached to an aromatic ring is 1. The molecule has 1 fully saturated rings. The van der Waals surface area contributed by atoms with Gasteiger partial charge in [-0.3, -0.25) is 24.0 Å². The maximum absolute atomic E-state index is 13.1. The SMILES string of the molecule is CCCCn1c(N)c(N(Cc2ccccc2)C(=O)C2CCC2)c(=O)[nH]c1=O. The number of H-pyrrole nitrogens is 1. The summed E-state index contributed by atoms with van der Waals surface area (Å²) in [5, 5.41) is 0. The number of aromatic nitrogens is 2. The number of carbonyl (C=O) groups excluding carboxylic acids is 1. The molecule has 1 aliphatic rings. The molecule has 2 aromatic rings. The highest BCUT2D eigenvalue weighted by molar-refractivity contribution is 5.97. The van der Waals surface area contributed by atoms with Gasteiger partial charge >= 0.3 is 5.69 Å². The third-order valence-corrected chi connectivity index (χ3v) is 5.12. The molecule has 1 heterocycles. The number of rotatable bonds is 7. The van der Waals surface area contributed by atoms with Gasteiger partial charge in [0.25, 0.3) is 5.56 Å². The standard InChI is InChI=1S/C20H26N4O3/c1-2-3-12-23-17(21)16(18(25)22-20(23)27)24(19(26)15-10-7-11-15)13-14-8-5-4-6-9-14/h4-6,8-9,15H,2-3,7,10-13,21H2,1H3,(H,22,25,27). The van der Waals surface area contributed by atoms with Crippen molar-refractivity contribution in [2.75, 3.05) is 10.6 Å². The van der Waals surface area contributed by atoms with Crippen molar-refractivity contribution < 1.29 is 4.79 Å². The average molecular weight is 370 g/mol. The van der Waals surface area contributed by atoms with E-state index in [-0.39, 0.29) is 29.9 Å². The fraction of sp³-hybridized carbons (Fsp3) is 0.450. The lowest BCUT2D eigenvalue weighted by molar-refractivity contribution is -0.124. The Bertz CT molecular complexity index is 913. The molecule has 1 aromatic carbocycles. The summed E-state index contributed by atoms with van der Waals surface area (Å²) in [6.07, 6.45) is 4.28. The first-order valence-corrected chi connectivity index (χ1v) is 9.50. The maximum atomic E-state index is 13.1. The topological polar surface area (TPSA) is 101 Å². The lowest BCUT2D eigenvalue weighted by atomic mass is 9.84. The number of nitrogens with two attached hydrogens (primary N) is 1. The van der Waals surface area contributed by atoms with Gasteiger partial charge in [0.1, 0.15) is 5.82 Å². The molecule has 0 bridgehead atoms. The molecule has 144 valence electrons. The van der Waals surface area contributed by atoms with Gasteiger partial charge in [0.15, 0.2) is 5.69 Å². The van der Waals surface area contributed by atoms with Crippen molar-refractivity contribution >= 4 is 17.4 Å². The first-order valence-electron chi connectivity index (χ1n) is 9.50. The van der Waals surface area contributed by atoms with E-state index in [9.17, 15) is 14.4 Å². The molecule has 0 radical (unpaired) electrons. The first kappa shape index (κ1) is 18.9. The zero-order chi connectivity index (χ0) is 19.4. The number of nitrogens with zero attached hydrogens (tertiary/aromatic N) is 2. The van der Waals surface area contributed by atoms with E-state index < -0.39 is 11.2 Å². The second kappa shape index (κ2) is 8.24. The number of amides is 1. The van der Waals surface area contributed by atoms with Gasteiger partial charge in [-0.2, -0.15) is 0 Å². The van der Waals surface area contributed by atoms with Crippen LogP contribution in [-0.2, 0) is 17.9 Å². The molecule has 1 aromatic heterocycles. The highest BCUT2D eigenvalue weighted by Crippen LogP contribution is 2.31. The van der Waals surface area contributed by atoms with Crippen molar-refractivity contribution in [1.82, 2.24) is 9.55 Å². The van der Waals surface area contributed by atoms with Gasteiger partial charge in [0, 0.05) is 12.5 Å². The van der Waals surface area contributed by atoms with Crippen molar-refractivity contribution in [3.05, 3.63) is 56.7 Å². The lowest BCUT2D eigenvalue weighted by Crippen LogP contribution is -2.44. The Labute approximate surface area is 157 Å². The highest BCUT2D eigenvalue weighted by Gasteiger charge is 2.33. The number of hydrogen-bond donors (Lipinski definition) is 2. The van der Waals surface area contributed by atoms with Crippen LogP contribution in [-0.4, -0.2) is 15.5 Å². The van der Waals surface area contributed by atoms with Gasteiger partial charge in [-0.15, -0.1) is 0 Å². The molecule has 0 saturated heterocycles. The second-order valence-electron chi connectivity index (χ2n) is 7.04. The Morgan fingerprint density at radius 1 is 1.26 bits per heavy atom. The monoisotopic (exact) mass is 370 g/mol. The molecule has 0 atom stereocenters. The summed E-state index contributed by atoms with van der Waals surface area (Å²) in [6.45, 7) is 2.66. The smallest absolute Gasteiger partial charge is 0.330 e. The summed E-state index contributed by atoms with van der Waals surface area (Å²) >= 11 is 0. The molecular weight excluding hydrogens is 344 g/mol. The van der Waals surface area contributed by atoms with E-state index >= 15 is 0 Å². The zero-order valence-corrected chi connectivity index (χ0v) is 15.6. The first-order chi connectivity index (χ1) is 13.0. The van der Waals surface area contributed by atoms with E-state index in [1.165, 1.54) is 9.47 Å².